The summed E-state index contributed by atoms with van der Waals surface area (Å²) in [7, 11) is 0. The van der Waals surface area contributed by atoms with Crippen molar-refractivity contribution in [3.63, 3.8) is 0 Å². The molecular formula is C32H19BrO5. The molecule has 5 nitrogen and oxygen atoms in total. The number of carbonyl (C=O) groups is 4. The van der Waals surface area contributed by atoms with E-state index in [1.54, 1.807) is 91.0 Å². The Morgan fingerprint density at radius 2 is 1.03 bits per heavy atom. The van der Waals surface area contributed by atoms with Crippen LogP contribution in [0, 0.1) is 5.41 Å². The van der Waals surface area contributed by atoms with Crippen LogP contribution in [-0.4, -0.2) is 28.7 Å². The van der Waals surface area contributed by atoms with Crippen molar-refractivity contribution in [1.29, 1.82) is 0 Å². The van der Waals surface area contributed by atoms with E-state index in [9.17, 15) is 19.2 Å². The fourth-order valence-corrected chi connectivity index (χ4v) is 7.06. The number of hydrogen-bond donors (Lipinski definition) is 0. The fraction of sp³-hybridized carbons (Fsp3) is 0.125. The number of ether oxygens (including phenoxy) is 1. The van der Waals surface area contributed by atoms with Crippen LogP contribution >= 0.6 is 15.9 Å². The van der Waals surface area contributed by atoms with Gasteiger partial charge in [0.15, 0.2) is 11.6 Å². The van der Waals surface area contributed by atoms with Gasteiger partial charge in [-0.25, -0.2) is 0 Å². The van der Waals surface area contributed by atoms with Crippen LogP contribution < -0.4 is 0 Å². The molecule has 1 fully saturated rings. The fourth-order valence-electron chi connectivity index (χ4n) is 6.64. The number of rotatable bonds is 2. The maximum atomic E-state index is 14.6. The minimum Gasteiger partial charge on any atom is -0.348 e. The number of Topliss-reactive ketones (excluding diaryl/α,β-unsaturated/α-hetero) is 4. The highest BCUT2D eigenvalue weighted by Gasteiger charge is 2.79. The number of carbonyl (C=O) groups excluding carboxylic acids is 4. The van der Waals surface area contributed by atoms with Crippen molar-refractivity contribution in [3.05, 3.63) is 141 Å². The predicted octanol–water partition coefficient (Wildman–Crippen LogP) is 6.19. The van der Waals surface area contributed by atoms with Gasteiger partial charge in [-0.3, -0.25) is 19.2 Å². The molecule has 4 aromatic carbocycles. The molecule has 6 heteroatoms. The molecular weight excluding hydrogens is 544 g/mol. The van der Waals surface area contributed by atoms with Crippen LogP contribution in [-0.2, 0) is 4.74 Å². The largest absolute Gasteiger partial charge is 0.348 e. The second kappa shape index (κ2) is 8.00. The second-order valence-corrected chi connectivity index (χ2v) is 10.8. The molecule has 2 spiro atoms. The highest BCUT2D eigenvalue weighted by atomic mass is 79.9. The van der Waals surface area contributed by atoms with E-state index in [1.807, 2.05) is 12.1 Å². The van der Waals surface area contributed by atoms with Crippen molar-refractivity contribution in [2.75, 3.05) is 0 Å². The Bertz CT molecular complexity index is 1640. The first-order valence-electron chi connectivity index (χ1n) is 12.3. The highest BCUT2D eigenvalue weighted by molar-refractivity contribution is 9.10. The first-order chi connectivity index (χ1) is 18.4. The van der Waals surface area contributed by atoms with Gasteiger partial charge in [-0.2, -0.15) is 0 Å². The quantitative estimate of drug-likeness (QED) is 0.272. The number of fused-ring (bicyclic) bond motifs is 2. The summed E-state index contributed by atoms with van der Waals surface area (Å²) < 4.78 is 7.35. The van der Waals surface area contributed by atoms with Gasteiger partial charge in [0, 0.05) is 26.7 Å². The van der Waals surface area contributed by atoms with Crippen LogP contribution in [0.15, 0.2) is 108 Å². The van der Waals surface area contributed by atoms with E-state index in [1.165, 1.54) is 0 Å². The standard InChI is InChI=1S/C32H19BrO5/c33-20-12-8-11-19(17-20)25-31(26(34)21-13-4-5-14-22(21)27(31)35)30(18-9-2-1-3-10-18)38-32(25)28(36)23-15-6-7-16-24(23)29(32)37/h1-17,25,30H/t25-,30-/m0/s1. The third kappa shape index (κ3) is 2.69. The lowest BCUT2D eigenvalue weighted by molar-refractivity contribution is -0.0210. The van der Waals surface area contributed by atoms with Crippen molar-refractivity contribution in [2.45, 2.75) is 17.6 Å². The Morgan fingerprint density at radius 1 is 0.553 bits per heavy atom. The van der Waals surface area contributed by atoms with Crippen LogP contribution in [0.5, 0.6) is 0 Å². The van der Waals surface area contributed by atoms with Gasteiger partial charge >= 0.3 is 0 Å². The summed E-state index contributed by atoms with van der Waals surface area (Å²) in [4.78, 5) is 57.8. The molecule has 7 rings (SSSR count). The first kappa shape index (κ1) is 23.1. The van der Waals surface area contributed by atoms with Crippen molar-refractivity contribution < 1.29 is 23.9 Å². The summed E-state index contributed by atoms with van der Waals surface area (Å²) in [6.07, 6.45) is -1.16. The third-order valence-corrected chi connectivity index (χ3v) is 8.62. The molecule has 2 aliphatic carbocycles. The molecule has 1 aliphatic heterocycles. The second-order valence-electron chi connectivity index (χ2n) is 9.91. The molecule has 1 heterocycles. The average molecular weight is 563 g/mol. The van der Waals surface area contributed by atoms with E-state index >= 15 is 0 Å². The molecule has 38 heavy (non-hydrogen) atoms. The zero-order valence-corrected chi connectivity index (χ0v) is 21.5. The van der Waals surface area contributed by atoms with Gasteiger partial charge in [-0.15, -0.1) is 0 Å². The van der Waals surface area contributed by atoms with Gasteiger partial charge < -0.3 is 4.74 Å². The maximum absolute atomic E-state index is 14.6. The molecule has 4 aromatic rings. The number of ketones is 4. The molecule has 0 radical (unpaired) electrons. The minimum atomic E-state index is -2.08. The van der Waals surface area contributed by atoms with E-state index in [0.717, 1.165) is 0 Å². The lowest BCUT2D eigenvalue weighted by Crippen LogP contribution is -2.51. The summed E-state index contributed by atoms with van der Waals surface area (Å²) >= 11 is 3.50. The minimum absolute atomic E-state index is 0.233. The predicted molar refractivity (Wildman–Crippen MR) is 143 cm³/mol. The van der Waals surface area contributed by atoms with Crippen LogP contribution in [0.4, 0.5) is 0 Å². The summed E-state index contributed by atoms with van der Waals surface area (Å²) in [6, 6.07) is 29.3. The van der Waals surface area contributed by atoms with Crippen molar-refractivity contribution in [1.82, 2.24) is 0 Å². The van der Waals surface area contributed by atoms with Crippen LogP contribution in [0.25, 0.3) is 0 Å². The van der Waals surface area contributed by atoms with E-state index in [0.29, 0.717) is 15.6 Å². The normalized spacial score (nSPS) is 22.3. The molecule has 1 saturated heterocycles. The van der Waals surface area contributed by atoms with Crippen molar-refractivity contribution in [3.8, 4) is 0 Å². The Morgan fingerprint density at radius 3 is 1.55 bits per heavy atom. The number of halogens is 1. The third-order valence-electron chi connectivity index (χ3n) is 8.12. The Hall–Kier alpha value is -4.00. The van der Waals surface area contributed by atoms with Crippen LogP contribution in [0.1, 0.15) is 64.6 Å². The van der Waals surface area contributed by atoms with Gasteiger partial charge in [0.25, 0.3) is 0 Å². The van der Waals surface area contributed by atoms with Gasteiger partial charge in [-0.1, -0.05) is 107 Å². The van der Waals surface area contributed by atoms with Gasteiger partial charge in [-0.05, 0) is 23.3 Å². The molecule has 0 saturated carbocycles. The molecule has 0 amide bonds. The van der Waals surface area contributed by atoms with Crippen LogP contribution in [0.2, 0.25) is 0 Å². The van der Waals surface area contributed by atoms with E-state index in [2.05, 4.69) is 15.9 Å². The van der Waals surface area contributed by atoms with Crippen molar-refractivity contribution in [2.24, 2.45) is 5.41 Å². The van der Waals surface area contributed by atoms with E-state index < -0.39 is 46.2 Å². The van der Waals surface area contributed by atoms with Gasteiger partial charge in [0.05, 0.1) is 5.92 Å². The molecule has 2 atom stereocenters. The summed E-state index contributed by atoms with van der Waals surface area (Å²) in [5.74, 6) is -3.14. The number of hydrogen-bond acceptors (Lipinski definition) is 5. The topological polar surface area (TPSA) is 77.5 Å². The van der Waals surface area contributed by atoms with E-state index in [4.69, 9.17) is 4.74 Å². The van der Waals surface area contributed by atoms with Crippen LogP contribution in [0.3, 0.4) is 0 Å². The summed E-state index contributed by atoms with van der Waals surface area (Å²) in [5, 5.41) is 0. The smallest absolute Gasteiger partial charge is 0.204 e. The van der Waals surface area contributed by atoms with Crippen molar-refractivity contribution >= 4 is 39.1 Å². The molecule has 0 bridgehead atoms. The molecule has 184 valence electrons. The Kier molecular flexibility index (Phi) is 4.87. The van der Waals surface area contributed by atoms with E-state index in [-0.39, 0.29) is 22.3 Å². The van der Waals surface area contributed by atoms with Gasteiger partial charge in [0.1, 0.15) is 11.5 Å². The molecule has 3 aliphatic rings. The zero-order valence-electron chi connectivity index (χ0n) is 19.9. The summed E-state index contributed by atoms with van der Waals surface area (Å²) in [5.41, 5.74) is -1.88. The summed E-state index contributed by atoms with van der Waals surface area (Å²) in [6.45, 7) is 0. The van der Waals surface area contributed by atoms with Gasteiger partial charge in [0.2, 0.25) is 17.2 Å². The molecule has 0 unspecified atom stereocenters. The zero-order chi connectivity index (χ0) is 26.2. The monoisotopic (exact) mass is 562 g/mol. The highest BCUT2D eigenvalue weighted by Crippen LogP contribution is 2.67. The number of benzene rings is 4. The molecule has 0 aromatic heterocycles. The maximum Gasteiger partial charge on any atom is 0.204 e. The molecule has 0 N–H and O–H groups in total. The lowest BCUT2D eigenvalue weighted by atomic mass is 9.60. The Balaban J connectivity index is 1.60. The Labute approximate surface area is 226 Å². The average Bonchev–Trinajstić information content (AvgIpc) is 3.48. The lowest BCUT2D eigenvalue weighted by Gasteiger charge is -2.34. The first-order valence-corrected chi connectivity index (χ1v) is 13.1. The SMILES string of the molecule is O=C1c2ccccc2C(=O)C12O[C@@H](c1ccccc1)C1(C(=O)c3ccccc3C1=O)[C@@H]2c1cccc(Br)c1.